The summed E-state index contributed by atoms with van der Waals surface area (Å²) in [5, 5.41) is 8.59. The van der Waals surface area contributed by atoms with Crippen LogP contribution in [0.25, 0.3) is 0 Å². The summed E-state index contributed by atoms with van der Waals surface area (Å²) in [6, 6.07) is 6.99. The van der Waals surface area contributed by atoms with Crippen molar-refractivity contribution in [1.82, 2.24) is 0 Å². The fourth-order valence-corrected chi connectivity index (χ4v) is 1.52. The van der Waals surface area contributed by atoms with Gasteiger partial charge in [0.25, 0.3) is 0 Å². The number of ether oxygens (including phenoxy) is 2. The molecule has 0 aliphatic rings. The van der Waals surface area contributed by atoms with Crippen molar-refractivity contribution in [3.05, 3.63) is 29.8 Å². The van der Waals surface area contributed by atoms with E-state index in [1.54, 1.807) is 45.0 Å². The monoisotopic (exact) mass is 280 g/mol. The lowest BCUT2D eigenvalue weighted by molar-refractivity contribution is -0.157. The number of aryl methyl sites for hydroxylation is 1. The minimum atomic E-state index is -0.824. The normalized spacial score (nSPS) is 10.9. The number of carboxylic acids is 1. The summed E-state index contributed by atoms with van der Waals surface area (Å²) < 4.78 is 10.4. The molecule has 0 atom stereocenters. The molecule has 0 spiro atoms. The summed E-state index contributed by atoms with van der Waals surface area (Å²) in [5.74, 6) is -0.697. The van der Waals surface area contributed by atoms with Crippen LogP contribution >= 0.6 is 0 Å². The maximum absolute atomic E-state index is 11.5. The van der Waals surface area contributed by atoms with Crippen LogP contribution in [0, 0.1) is 0 Å². The highest BCUT2D eigenvalue weighted by molar-refractivity contribution is 5.71. The lowest BCUT2D eigenvalue weighted by Gasteiger charge is -2.19. The minimum absolute atomic E-state index is 0.0953. The molecular formula is C15H20O5. The van der Waals surface area contributed by atoms with Gasteiger partial charge in [-0.2, -0.15) is 0 Å². The minimum Gasteiger partial charge on any atom is -0.482 e. The Balaban J connectivity index is 2.42. The van der Waals surface area contributed by atoms with Gasteiger partial charge < -0.3 is 14.6 Å². The molecule has 20 heavy (non-hydrogen) atoms. The lowest BCUT2D eigenvalue weighted by Crippen LogP contribution is -2.27. The average Bonchev–Trinajstić information content (AvgIpc) is 2.33. The third kappa shape index (κ3) is 6.78. The first-order chi connectivity index (χ1) is 9.26. The molecule has 5 nitrogen and oxygen atoms in total. The molecule has 1 rings (SSSR count). The van der Waals surface area contributed by atoms with E-state index >= 15 is 0 Å². The van der Waals surface area contributed by atoms with Gasteiger partial charge in [-0.05, 0) is 44.9 Å². The molecule has 0 saturated carbocycles. The molecule has 0 bridgehead atoms. The first-order valence-electron chi connectivity index (χ1n) is 6.41. The van der Waals surface area contributed by atoms with Gasteiger partial charge in [0, 0.05) is 6.42 Å². The van der Waals surface area contributed by atoms with Crippen molar-refractivity contribution in [3.8, 4) is 5.75 Å². The molecule has 0 aliphatic carbocycles. The standard InChI is InChI=1S/C15H20O5/c1-15(2,3)20-14(18)10-19-12-7-4-11(5-8-12)6-9-13(16)17/h4-5,7-8H,6,9-10H2,1-3H3,(H,16,17). The second-order valence-corrected chi connectivity index (χ2v) is 5.41. The van der Waals surface area contributed by atoms with Crippen LogP contribution in [-0.2, 0) is 20.7 Å². The van der Waals surface area contributed by atoms with Crippen LogP contribution in [0.15, 0.2) is 24.3 Å². The summed E-state index contributed by atoms with van der Waals surface area (Å²) >= 11 is 0. The van der Waals surface area contributed by atoms with Gasteiger partial charge in [-0.15, -0.1) is 0 Å². The molecule has 1 N–H and O–H groups in total. The number of carboxylic acid groups (broad SMARTS) is 1. The fourth-order valence-electron chi connectivity index (χ4n) is 1.52. The molecule has 1 aromatic rings. The number of hydrogen-bond acceptors (Lipinski definition) is 4. The zero-order valence-corrected chi connectivity index (χ0v) is 12.0. The Morgan fingerprint density at radius 1 is 1.15 bits per heavy atom. The third-order valence-electron chi connectivity index (χ3n) is 2.33. The smallest absolute Gasteiger partial charge is 0.344 e. The second kappa shape index (κ2) is 6.93. The zero-order valence-electron chi connectivity index (χ0n) is 12.0. The number of aliphatic carboxylic acids is 1. The molecule has 1 aromatic carbocycles. The molecule has 0 fully saturated rings. The van der Waals surface area contributed by atoms with Gasteiger partial charge in [0.05, 0.1) is 0 Å². The van der Waals surface area contributed by atoms with E-state index in [0.717, 1.165) is 5.56 Å². The van der Waals surface area contributed by atoms with Crippen molar-refractivity contribution >= 4 is 11.9 Å². The maximum Gasteiger partial charge on any atom is 0.344 e. The number of carbonyl (C=O) groups excluding carboxylic acids is 1. The predicted octanol–water partition coefficient (Wildman–Crippen LogP) is 2.42. The van der Waals surface area contributed by atoms with E-state index in [1.807, 2.05) is 0 Å². The Morgan fingerprint density at radius 2 is 1.75 bits per heavy atom. The first-order valence-corrected chi connectivity index (χ1v) is 6.41. The number of esters is 1. The Hall–Kier alpha value is -2.04. The summed E-state index contributed by atoms with van der Waals surface area (Å²) in [6.07, 6.45) is 0.569. The molecular weight excluding hydrogens is 260 g/mol. The quantitative estimate of drug-likeness (QED) is 0.810. The Morgan fingerprint density at radius 3 is 2.25 bits per heavy atom. The molecule has 0 unspecified atom stereocenters. The Labute approximate surface area is 118 Å². The second-order valence-electron chi connectivity index (χ2n) is 5.41. The van der Waals surface area contributed by atoms with Crippen LogP contribution in [0.2, 0.25) is 0 Å². The number of benzene rings is 1. The van der Waals surface area contributed by atoms with E-state index in [9.17, 15) is 9.59 Å². The number of rotatable bonds is 6. The summed E-state index contributed by atoms with van der Waals surface area (Å²) in [7, 11) is 0. The van der Waals surface area contributed by atoms with E-state index in [-0.39, 0.29) is 13.0 Å². The fraction of sp³-hybridized carbons (Fsp3) is 0.467. The molecule has 0 aliphatic heterocycles. The van der Waals surface area contributed by atoms with E-state index in [2.05, 4.69) is 0 Å². The van der Waals surface area contributed by atoms with Crippen LogP contribution in [0.1, 0.15) is 32.8 Å². The van der Waals surface area contributed by atoms with Crippen LogP contribution < -0.4 is 4.74 Å². The predicted molar refractivity (Wildman–Crippen MR) is 73.7 cm³/mol. The van der Waals surface area contributed by atoms with E-state index in [0.29, 0.717) is 12.2 Å². The third-order valence-corrected chi connectivity index (χ3v) is 2.33. The molecule has 0 aromatic heterocycles. The van der Waals surface area contributed by atoms with Gasteiger partial charge in [0.1, 0.15) is 11.4 Å². The maximum atomic E-state index is 11.5. The highest BCUT2D eigenvalue weighted by atomic mass is 16.6. The summed E-state index contributed by atoms with van der Waals surface area (Å²) in [5.41, 5.74) is 0.387. The summed E-state index contributed by atoms with van der Waals surface area (Å²) in [6.45, 7) is 5.23. The van der Waals surface area contributed by atoms with Crippen LogP contribution in [0.3, 0.4) is 0 Å². The van der Waals surface area contributed by atoms with Crippen LogP contribution in [-0.4, -0.2) is 29.3 Å². The van der Waals surface area contributed by atoms with E-state index < -0.39 is 17.5 Å². The molecule has 0 amide bonds. The van der Waals surface area contributed by atoms with Crippen molar-refractivity contribution in [1.29, 1.82) is 0 Å². The molecule has 5 heteroatoms. The Bertz CT molecular complexity index is 456. The molecule has 0 heterocycles. The highest BCUT2D eigenvalue weighted by Gasteiger charge is 2.16. The van der Waals surface area contributed by atoms with E-state index in [4.69, 9.17) is 14.6 Å². The molecule has 110 valence electrons. The van der Waals surface area contributed by atoms with Crippen LogP contribution in [0.5, 0.6) is 5.75 Å². The van der Waals surface area contributed by atoms with Gasteiger partial charge in [-0.3, -0.25) is 4.79 Å². The van der Waals surface area contributed by atoms with E-state index in [1.165, 1.54) is 0 Å². The van der Waals surface area contributed by atoms with Crippen molar-refractivity contribution in [2.45, 2.75) is 39.2 Å². The Kier molecular flexibility index (Phi) is 5.55. The van der Waals surface area contributed by atoms with Crippen molar-refractivity contribution in [2.24, 2.45) is 0 Å². The SMILES string of the molecule is CC(C)(C)OC(=O)COc1ccc(CCC(=O)O)cc1. The van der Waals surface area contributed by atoms with Gasteiger partial charge in [-0.1, -0.05) is 12.1 Å². The lowest BCUT2D eigenvalue weighted by atomic mass is 10.1. The van der Waals surface area contributed by atoms with Crippen molar-refractivity contribution < 1.29 is 24.2 Å². The molecule has 0 saturated heterocycles. The van der Waals surface area contributed by atoms with Crippen LogP contribution in [0.4, 0.5) is 0 Å². The highest BCUT2D eigenvalue weighted by Crippen LogP contribution is 2.14. The van der Waals surface area contributed by atoms with Gasteiger partial charge in [0.2, 0.25) is 0 Å². The van der Waals surface area contributed by atoms with Crippen molar-refractivity contribution in [2.75, 3.05) is 6.61 Å². The topological polar surface area (TPSA) is 72.8 Å². The average molecular weight is 280 g/mol. The van der Waals surface area contributed by atoms with Gasteiger partial charge in [-0.25, -0.2) is 4.79 Å². The number of carbonyl (C=O) groups is 2. The first kappa shape index (κ1) is 16.0. The molecule has 0 radical (unpaired) electrons. The van der Waals surface area contributed by atoms with Gasteiger partial charge >= 0.3 is 11.9 Å². The zero-order chi connectivity index (χ0) is 15.2. The largest absolute Gasteiger partial charge is 0.482 e. The van der Waals surface area contributed by atoms with Gasteiger partial charge in [0.15, 0.2) is 6.61 Å². The number of hydrogen-bond donors (Lipinski definition) is 1. The summed E-state index contributed by atoms with van der Waals surface area (Å²) in [4.78, 5) is 21.9. The van der Waals surface area contributed by atoms with Crippen molar-refractivity contribution in [3.63, 3.8) is 0 Å².